The standard InChI is InChI=1S/C14H23NO3/c1-4-8-15-10-12-6-7-13(14(9-12)16-3)18-11-17-5-2/h6-7,9,15H,4-5,8,10-11H2,1-3H3. The first kappa shape index (κ1) is 14.8. The van der Waals surface area contributed by atoms with E-state index >= 15 is 0 Å². The molecule has 0 heterocycles. The number of nitrogens with one attached hydrogen (secondary N) is 1. The highest BCUT2D eigenvalue weighted by atomic mass is 16.7. The second-order valence-electron chi connectivity index (χ2n) is 3.92. The normalized spacial score (nSPS) is 10.4. The molecule has 0 unspecified atom stereocenters. The molecule has 18 heavy (non-hydrogen) atoms. The van der Waals surface area contributed by atoms with Crippen molar-refractivity contribution in [2.24, 2.45) is 0 Å². The Kier molecular flexibility index (Phi) is 7.22. The van der Waals surface area contributed by atoms with Gasteiger partial charge in [-0.05, 0) is 37.6 Å². The van der Waals surface area contributed by atoms with Crippen LogP contribution in [-0.2, 0) is 11.3 Å². The van der Waals surface area contributed by atoms with Crippen LogP contribution in [0.3, 0.4) is 0 Å². The average Bonchev–Trinajstić information content (AvgIpc) is 2.40. The number of rotatable bonds is 9. The summed E-state index contributed by atoms with van der Waals surface area (Å²) in [6.45, 7) is 6.84. The fourth-order valence-corrected chi connectivity index (χ4v) is 1.54. The van der Waals surface area contributed by atoms with Crippen LogP contribution < -0.4 is 14.8 Å². The third-order valence-electron chi connectivity index (χ3n) is 2.49. The molecule has 0 aromatic heterocycles. The summed E-state index contributed by atoms with van der Waals surface area (Å²) in [6, 6.07) is 5.94. The smallest absolute Gasteiger partial charge is 0.189 e. The maximum absolute atomic E-state index is 5.48. The Bertz CT molecular complexity index is 342. The molecule has 0 fully saturated rings. The molecule has 0 amide bonds. The zero-order valence-electron chi connectivity index (χ0n) is 11.5. The maximum Gasteiger partial charge on any atom is 0.189 e. The largest absolute Gasteiger partial charge is 0.493 e. The van der Waals surface area contributed by atoms with Crippen LogP contribution in [0, 0.1) is 0 Å². The summed E-state index contributed by atoms with van der Waals surface area (Å²) < 4.78 is 16.0. The summed E-state index contributed by atoms with van der Waals surface area (Å²) in [4.78, 5) is 0. The number of benzene rings is 1. The van der Waals surface area contributed by atoms with Crippen molar-refractivity contribution in [3.8, 4) is 11.5 Å². The van der Waals surface area contributed by atoms with Crippen molar-refractivity contribution in [2.75, 3.05) is 27.1 Å². The van der Waals surface area contributed by atoms with Gasteiger partial charge in [-0.3, -0.25) is 0 Å². The van der Waals surface area contributed by atoms with Gasteiger partial charge >= 0.3 is 0 Å². The Morgan fingerprint density at radius 1 is 1.17 bits per heavy atom. The number of hydrogen-bond acceptors (Lipinski definition) is 4. The predicted molar refractivity (Wildman–Crippen MR) is 72.1 cm³/mol. The lowest BCUT2D eigenvalue weighted by Gasteiger charge is -2.12. The molecule has 4 heteroatoms. The monoisotopic (exact) mass is 253 g/mol. The molecule has 0 saturated heterocycles. The van der Waals surface area contributed by atoms with Gasteiger partial charge in [0.1, 0.15) is 0 Å². The summed E-state index contributed by atoms with van der Waals surface area (Å²) in [5.41, 5.74) is 1.18. The highest BCUT2D eigenvalue weighted by Gasteiger charge is 2.05. The molecule has 1 aromatic rings. The van der Waals surface area contributed by atoms with Crippen molar-refractivity contribution >= 4 is 0 Å². The van der Waals surface area contributed by atoms with Crippen molar-refractivity contribution < 1.29 is 14.2 Å². The van der Waals surface area contributed by atoms with Crippen LogP contribution in [-0.4, -0.2) is 27.1 Å². The van der Waals surface area contributed by atoms with Gasteiger partial charge in [0.15, 0.2) is 18.3 Å². The zero-order valence-corrected chi connectivity index (χ0v) is 11.5. The van der Waals surface area contributed by atoms with Crippen molar-refractivity contribution in [2.45, 2.75) is 26.8 Å². The molecular formula is C14H23NO3. The third kappa shape index (κ3) is 4.94. The van der Waals surface area contributed by atoms with Gasteiger partial charge in [-0.15, -0.1) is 0 Å². The summed E-state index contributed by atoms with van der Waals surface area (Å²) in [5.74, 6) is 1.45. The van der Waals surface area contributed by atoms with Gasteiger partial charge in [0.2, 0.25) is 0 Å². The van der Waals surface area contributed by atoms with Crippen LogP contribution in [0.15, 0.2) is 18.2 Å². The van der Waals surface area contributed by atoms with Gasteiger partial charge in [0.25, 0.3) is 0 Å². The first-order chi connectivity index (χ1) is 8.81. The van der Waals surface area contributed by atoms with Crippen molar-refractivity contribution in [1.82, 2.24) is 5.32 Å². The van der Waals surface area contributed by atoms with Crippen molar-refractivity contribution in [3.63, 3.8) is 0 Å². The van der Waals surface area contributed by atoms with E-state index in [0.717, 1.165) is 25.3 Å². The fraction of sp³-hybridized carbons (Fsp3) is 0.571. The number of methoxy groups -OCH3 is 1. The molecular weight excluding hydrogens is 230 g/mol. The van der Waals surface area contributed by atoms with E-state index in [1.807, 2.05) is 25.1 Å². The maximum atomic E-state index is 5.48. The molecule has 0 aliphatic heterocycles. The topological polar surface area (TPSA) is 39.7 Å². The van der Waals surface area contributed by atoms with Crippen LogP contribution in [0.1, 0.15) is 25.8 Å². The minimum absolute atomic E-state index is 0.250. The van der Waals surface area contributed by atoms with E-state index < -0.39 is 0 Å². The molecule has 4 nitrogen and oxygen atoms in total. The highest BCUT2D eigenvalue weighted by molar-refractivity contribution is 5.42. The summed E-state index contributed by atoms with van der Waals surface area (Å²) in [6.07, 6.45) is 1.13. The van der Waals surface area contributed by atoms with Crippen molar-refractivity contribution in [1.29, 1.82) is 0 Å². The van der Waals surface area contributed by atoms with E-state index in [1.54, 1.807) is 7.11 Å². The SMILES string of the molecule is CCCNCc1ccc(OCOCC)c(OC)c1. The Morgan fingerprint density at radius 2 is 2.00 bits per heavy atom. The molecule has 0 radical (unpaired) electrons. The lowest BCUT2D eigenvalue weighted by Crippen LogP contribution is -2.13. The van der Waals surface area contributed by atoms with E-state index in [-0.39, 0.29) is 6.79 Å². The Morgan fingerprint density at radius 3 is 2.67 bits per heavy atom. The molecule has 1 rings (SSSR count). The van der Waals surface area contributed by atoms with Crippen molar-refractivity contribution in [3.05, 3.63) is 23.8 Å². The van der Waals surface area contributed by atoms with Crippen LogP contribution in [0.25, 0.3) is 0 Å². The van der Waals surface area contributed by atoms with E-state index in [2.05, 4.69) is 12.2 Å². The number of ether oxygens (including phenoxy) is 3. The van der Waals surface area contributed by atoms with E-state index in [0.29, 0.717) is 12.4 Å². The number of hydrogen-bond donors (Lipinski definition) is 1. The summed E-state index contributed by atoms with van der Waals surface area (Å²) >= 11 is 0. The molecule has 102 valence electrons. The van der Waals surface area contributed by atoms with E-state index in [9.17, 15) is 0 Å². The molecule has 0 saturated carbocycles. The van der Waals surface area contributed by atoms with Gasteiger partial charge in [-0.2, -0.15) is 0 Å². The first-order valence-corrected chi connectivity index (χ1v) is 6.40. The Hall–Kier alpha value is -1.26. The van der Waals surface area contributed by atoms with Crippen LogP contribution in [0.5, 0.6) is 11.5 Å². The molecule has 0 spiro atoms. The first-order valence-electron chi connectivity index (χ1n) is 6.40. The highest BCUT2D eigenvalue weighted by Crippen LogP contribution is 2.28. The zero-order chi connectivity index (χ0) is 13.2. The Labute approximate surface area is 109 Å². The second-order valence-corrected chi connectivity index (χ2v) is 3.92. The molecule has 0 aliphatic rings. The lowest BCUT2D eigenvalue weighted by atomic mass is 10.2. The molecule has 1 N–H and O–H groups in total. The van der Waals surface area contributed by atoms with Gasteiger partial charge in [0, 0.05) is 13.2 Å². The van der Waals surface area contributed by atoms with Crippen LogP contribution in [0.2, 0.25) is 0 Å². The van der Waals surface area contributed by atoms with Gasteiger partial charge in [-0.25, -0.2) is 0 Å². The van der Waals surface area contributed by atoms with Gasteiger partial charge < -0.3 is 19.5 Å². The van der Waals surface area contributed by atoms with Crippen LogP contribution in [0.4, 0.5) is 0 Å². The molecule has 0 bridgehead atoms. The van der Waals surface area contributed by atoms with E-state index in [1.165, 1.54) is 5.56 Å². The van der Waals surface area contributed by atoms with E-state index in [4.69, 9.17) is 14.2 Å². The Balaban J connectivity index is 2.58. The second kappa shape index (κ2) is 8.78. The third-order valence-corrected chi connectivity index (χ3v) is 2.49. The molecule has 0 atom stereocenters. The molecule has 0 aliphatic carbocycles. The fourth-order valence-electron chi connectivity index (χ4n) is 1.54. The minimum atomic E-state index is 0.250. The van der Waals surface area contributed by atoms with Gasteiger partial charge in [0.05, 0.1) is 7.11 Å². The average molecular weight is 253 g/mol. The lowest BCUT2D eigenvalue weighted by molar-refractivity contribution is 0.0209. The van der Waals surface area contributed by atoms with Gasteiger partial charge in [-0.1, -0.05) is 13.0 Å². The summed E-state index contributed by atoms with van der Waals surface area (Å²) in [7, 11) is 1.64. The minimum Gasteiger partial charge on any atom is -0.493 e. The summed E-state index contributed by atoms with van der Waals surface area (Å²) in [5, 5.41) is 3.35. The quantitative estimate of drug-likeness (QED) is 0.542. The predicted octanol–water partition coefficient (Wildman–Crippen LogP) is 2.57. The molecule has 1 aromatic carbocycles. The van der Waals surface area contributed by atoms with Crippen LogP contribution >= 0.6 is 0 Å².